The van der Waals surface area contributed by atoms with Crippen LogP contribution in [0.1, 0.15) is 16.1 Å². The number of ketones is 1. The Morgan fingerprint density at radius 3 is 2.72 bits per heavy atom. The molecule has 0 aliphatic rings. The largest absolute Gasteiger partial charge is 0.494 e. The van der Waals surface area contributed by atoms with Crippen molar-refractivity contribution in [2.45, 2.75) is 4.90 Å². The Morgan fingerprint density at radius 2 is 2.00 bits per heavy atom. The van der Waals surface area contributed by atoms with Crippen molar-refractivity contribution in [1.29, 1.82) is 0 Å². The molecule has 0 N–H and O–H groups in total. The van der Waals surface area contributed by atoms with Gasteiger partial charge in [0.15, 0.2) is 5.69 Å². The molecule has 1 aromatic heterocycles. The summed E-state index contributed by atoms with van der Waals surface area (Å²) in [6, 6.07) is 11.0. The quantitative estimate of drug-likeness (QED) is 0.625. The molecular weight excluding hydrogens is 246 g/mol. The fourth-order valence-electron chi connectivity index (χ4n) is 1.69. The number of hydrogen-bond acceptors (Lipinski definition) is 4. The molecule has 18 heavy (non-hydrogen) atoms. The van der Waals surface area contributed by atoms with E-state index < -0.39 is 0 Å². The molecule has 4 heteroatoms. The van der Waals surface area contributed by atoms with Crippen molar-refractivity contribution >= 4 is 17.5 Å². The van der Waals surface area contributed by atoms with E-state index in [-0.39, 0.29) is 5.78 Å². The summed E-state index contributed by atoms with van der Waals surface area (Å²) in [5, 5.41) is 0. The van der Waals surface area contributed by atoms with E-state index in [0.717, 1.165) is 4.90 Å². The van der Waals surface area contributed by atoms with Crippen molar-refractivity contribution in [2.75, 3.05) is 13.4 Å². The third-order valence-corrected chi connectivity index (χ3v) is 3.35. The van der Waals surface area contributed by atoms with Gasteiger partial charge in [0.1, 0.15) is 5.75 Å². The smallest absolute Gasteiger partial charge is 0.216 e. The molecule has 0 aliphatic heterocycles. The van der Waals surface area contributed by atoms with E-state index in [9.17, 15) is 4.79 Å². The first-order valence-corrected chi connectivity index (χ1v) is 6.67. The number of pyridine rings is 1. The number of aromatic nitrogens is 1. The molecule has 0 atom stereocenters. The number of rotatable bonds is 4. The van der Waals surface area contributed by atoms with Gasteiger partial charge in [-0.1, -0.05) is 12.1 Å². The van der Waals surface area contributed by atoms with E-state index in [2.05, 4.69) is 4.98 Å². The zero-order valence-electron chi connectivity index (χ0n) is 10.2. The maximum absolute atomic E-state index is 12.4. The molecule has 0 bridgehead atoms. The van der Waals surface area contributed by atoms with Crippen LogP contribution < -0.4 is 4.74 Å². The lowest BCUT2D eigenvalue weighted by Gasteiger charge is -2.08. The SMILES string of the molecule is COc1cccnc1C(=O)c1ccccc1SC. The van der Waals surface area contributed by atoms with Gasteiger partial charge in [-0.2, -0.15) is 0 Å². The minimum atomic E-state index is -0.114. The van der Waals surface area contributed by atoms with Gasteiger partial charge in [0.25, 0.3) is 0 Å². The second-order valence-electron chi connectivity index (χ2n) is 3.58. The summed E-state index contributed by atoms with van der Waals surface area (Å²) in [7, 11) is 1.54. The normalized spacial score (nSPS) is 10.1. The number of thioether (sulfide) groups is 1. The summed E-state index contributed by atoms with van der Waals surface area (Å²) < 4.78 is 5.17. The van der Waals surface area contributed by atoms with Crippen molar-refractivity contribution in [3.8, 4) is 5.75 Å². The number of methoxy groups -OCH3 is 1. The highest BCUT2D eigenvalue weighted by atomic mass is 32.2. The maximum atomic E-state index is 12.4. The van der Waals surface area contributed by atoms with Gasteiger partial charge < -0.3 is 4.74 Å². The van der Waals surface area contributed by atoms with Gasteiger partial charge in [-0.15, -0.1) is 11.8 Å². The van der Waals surface area contributed by atoms with Crippen LogP contribution in [-0.4, -0.2) is 24.1 Å². The number of carbonyl (C=O) groups excluding carboxylic acids is 1. The summed E-state index contributed by atoms with van der Waals surface area (Å²) in [6.07, 6.45) is 3.54. The molecule has 0 spiro atoms. The number of carbonyl (C=O) groups is 1. The molecule has 2 rings (SSSR count). The van der Waals surface area contributed by atoms with Crippen molar-refractivity contribution < 1.29 is 9.53 Å². The van der Waals surface area contributed by atoms with E-state index >= 15 is 0 Å². The van der Waals surface area contributed by atoms with Crippen LogP contribution in [-0.2, 0) is 0 Å². The van der Waals surface area contributed by atoms with E-state index in [1.165, 1.54) is 7.11 Å². The summed E-state index contributed by atoms with van der Waals surface area (Å²) in [5.41, 5.74) is 1.00. The number of nitrogens with zero attached hydrogens (tertiary/aromatic N) is 1. The van der Waals surface area contributed by atoms with Crippen LogP contribution in [0.25, 0.3) is 0 Å². The lowest BCUT2D eigenvalue weighted by molar-refractivity contribution is 0.102. The van der Waals surface area contributed by atoms with Gasteiger partial charge in [-0.25, -0.2) is 4.98 Å². The average molecular weight is 259 g/mol. The average Bonchev–Trinajstić information content (AvgIpc) is 2.46. The second kappa shape index (κ2) is 5.69. The van der Waals surface area contributed by atoms with Crippen LogP contribution in [0.15, 0.2) is 47.5 Å². The fourth-order valence-corrected chi connectivity index (χ4v) is 2.28. The van der Waals surface area contributed by atoms with Crippen LogP contribution in [0.3, 0.4) is 0 Å². The number of benzene rings is 1. The van der Waals surface area contributed by atoms with Crippen molar-refractivity contribution in [3.05, 3.63) is 53.9 Å². The summed E-state index contributed by atoms with van der Waals surface area (Å²) >= 11 is 1.54. The van der Waals surface area contributed by atoms with Crippen LogP contribution in [0.4, 0.5) is 0 Å². The highest BCUT2D eigenvalue weighted by Crippen LogP contribution is 2.25. The Balaban J connectivity index is 2.48. The highest BCUT2D eigenvalue weighted by Gasteiger charge is 2.18. The fraction of sp³-hybridized carbons (Fsp3) is 0.143. The summed E-state index contributed by atoms with van der Waals surface area (Å²) in [6.45, 7) is 0. The first kappa shape index (κ1) is 12.6. The molecule has 0 radical (unpaired) electrons. The summed E-state index contributed by atoms with van der Waals surface area (Å²) in [4.78, 5) is 17.5. The molecule has 0 aliphatic carbocycles. The van der Waals surface area contributed by atoms with E-state index in [4.69, 9.17) is 4.74 Å². The predicted molar refractivity (Wildman–Crippen MR) is 72.4 cm³/mol. The van der Waals surface area contributed by atoms with Crippen LogP contribution in [0.2, 0.25) is 0 Å². The maximum Gasteiger partial charge on any atom is 0.216 e. The molecule has 92 valence electrons. The van der Waals surface area contributed by atoms with Crippen LogP contribution in [0.5, 0.6) is 5.75 Å². The van der Waals surface area contributed by atoms with Gasteiger partial charge in [0, 0.05) is 16.7 Å². The first-order chi connectivity index (χ1) is 8.77. The zero-order chi connectivity index (χ0) is 13.0. The zero-order valence-corrected chi connectivity index (χ0v) is 11.0. The molecule has 0 saturated carbocycles. The Kier molecular flexibility index (Phi) is 3.99. The summed E-state index contributed by atoms with van der Waals surface area (Å²) in [5.74, 6) is 0.385. The second-order valence-corrected chi connectivity index (χ2v) is 4.43. The Morgan fingerprint density at radius 1 is 1.22 bits per heavy atom. The van der Waals surface area contributed by atoms with Gasteiger partial charge in [0.05, 0.1) is 7.11 Å². The Hall–Kier alpha value is -1.81. The molecule has 2 aromatic rings. The van der Waals surface area contributed by atoms with E-state index in [0.29, 0.717) is 17.0 Å². The van der Waals surface area contributed by atoms with Crippen molar-refractivity contribution in [1.82, 2.24) is 4.98 Å². The molecule has 0 saturated heterocycles. The van der Waals surface area contributed by atoms with E-state index in [1.807, 2.05) is 30.5 Å². The third-order valence-electron chi connectivity index (χ3n) is 2.56. The van der Waals surface area contributed by atoms with Crippen molar-refractivity contribution in [3.63, 3.8) is 0 Å². The topological polar surface area (TPSA) is 39.2 Å². The minimum Gasteiger partial charge on any atom is -0.494 e. The first-order valence-electron chi connectivity index (χ1n) is 5.44. The van der Waals surface area contributed by atoms with Crippen molar-refractivity contribution in [2.24, 2.45) is 0 Å². The number of ether oxygens (including phenoxy) is 1. The van der Waals surface area contributed by atoms with E-state index in [1.54, 1.807) is 30.1 Å². The van der Waals surface area contributed by atoms with Gasteiger partial charge in [-0.3, -0.25) is 4.79 Å². The van der Waals surface area contributed by atoms with Gasteiger partial charge in [-0.05, 0) is 30.5 Å². The molecule has 3 nitrogen and oxygen atoms in total. The molecule has 1 heterocycles. The lowest BCUT2D eigenvalue weighted by atomic mass is 10.1. The standard InChI is InChI=1S/C14H13NO2S/c1-17-11-7-5-9-15-13(11)14(16)10-6-3-4-8-12(10)18-2/h3-9H,1-2H3. The minimum absolute atomic E-state index is 0.114. The Bertz CT molecular complexity index is 520. The monoisotopic (exact) mass is 259 g/mol. The molecule has 0 unspecified atom stereocenters. The third kappa shape index (κ3) is 2.38. The lowest BCUT2D eigenvalue weighted by Crippen LogP contribution is -2.07. The predicted octanol–water partition coefficient (Wildman–Crippen LogP) is 3.04. The molecular formula is C14H13NO2S. The van der Waals surface area contributed by atoms with Crippen LogP contribution >= 0.6 is 11.8 Å². The molecule has 0 amide bonds. The van der Waals surface area contributed by atoms with Crippen LogP contribution in [0, 0.1) is 0 Å². The molecule has 0 fully saturated rings. The number of hydrogen-bond donors (Lipinski definition) is 0. The molecule has 1 aromatic carbocycles. The van der Waals surface area contributed by atoms with Gasteiger partial charge >= 0.3 is 0 Å². The highest BCUT2D eigenvalue weighted by molar-refractivity contribution is 7.98. The van der Waals surface area contributed by atoms with Gasteiger partial charge in [0.2, 0.25) is 5.78 Å². The Labute approximate surface area is 110 Å².